The number of rotatable bonds is 3. The standard InChI is InChI=1S/C9H6BrClF2N2/c10-8-7(9(12)13)5(1-2-14)3-6(4-11)15-8/h3,9H,1,4H2. The van der Waals surface area contributed by atoms with Crippen LogP contribution >= 0.6 is 27.5 Å². The highest BCUT2D eigenvalue weighted by molar-refractivity contribution is 9.10. The van der Waals surface area contributed by atoms with Crippen molar-refractivity contribution < 1.29 is 8.78 Å². The van der Waals surface area contributed by atoms with Gasteiger partial charge in [0.25, 0.3) is 6.43 Å². The fraction of sp³-hybridized carbons (Fsp3) is 0.333. The van der Waals surface area contributed by atoms with Gasteiger partial charge in [-0.1, -0.05) is 0 Å². The van der Waals surface area contributed by atoms with E-state index in [4.69, 9.17) is 16.9 Å². The van der Waals surface area contributed by atoms with E-state index in [1.165, 1.54) is 6.07 Å². The summed E-state index contributed by atoms with van der Waals surface area (Å²) in [5.74, 6) is 0.126. The van der Waals surface area contributed by atoms with Gasteiger partial charge in [0.2, 0.25) is 0 Å². The second kappa shape index (κ2) is 5.38. The average molecular weight is 296 g/mol. The molecule has 0 atom stereocenters. The van der Waals surface area contributed by atoms with Crippen molar-refractivity contribution in [3.05, 3.63) is 27.5 Å². The summed E-state index contributed by atoms with van der Waals surface area (Å²) in [5, 5.41) is 8.52. The molecule has 15 heavy (non-hydrogen) atoms. The normalized spacial score (nSPS) is 10.4. The van der Waals surface area contributed by atoms with E-state index in [1.807, 2.05) is 6.07 Å². The summed E-state index contributed by atoms with van der Waals surface area (Å²) in [6.45, 7) is 0. The summed E-state index contributed by atoms with van der Waals surface area (Å²) in [4.78, 5) is 3.85. The van der Waals surface area contributed by atoms with Crippen LogP contribution in [0.15, 0.2) is 10.7 Å². The highest BCUT2D eigenvalue weighted by atomic mass is 79.9. The van der Waals surface area contributed by atoms with E-state index < -0.39 is 6.43 Å². The molecule has 1 aromatic rings. The van der Waals surface area contributed by atoms with Crippen molar-refractivity contribution in [2.75, 3.05) is 0 Å². The van der Waals surface area contributed by atoms with Crippen LogP contribution in [0.4, 0.5) is 8.78 Å². The zero-order chi connectivity index (χ0) is 11.4. The summed E-state index contributed by atoms with van der Waals surface area (Å²) in [5.41, 5.74) is 0.508. The third-order valence-corrected chi connectivity index (χ3v) is 2.65. The van der Waals surface area contributed by atoms with Crippen LogP contribution < -0.4 is 0 Å². The molecule has 1 heterocycles. The SMILES string of the molecule is N#CCc1cc(CCl)nc(Br)c1C(F)F. The molecule has 0 unspecified atom stereocenters. The average Bonchev–Trinajstić information content (AvgIpc) is 2.16. The maximum atomic E-state index is 12.6. The fourth-order valence-electron chi connectivity index (χ4n) is 1.16. The van der Waals surface area contributed by atoms with Crippen molar-refractivity contribution in [1.29, 1.82) is 5.26 Å². The van der Waals surface area contributed by atoms with Gasteiger partial charge < -0.3 is 0 Å². The van der Waals surface area contributed by atoms with Crippen molar-refractivity contribution in [3.8, 4) is 6.07 Å². The van der Waals surface area contributed by atoms with E-state index in [-0.39, 0.29) is 28.0 Å². The van der Waals surface area contributed by atoms with Gasteiger partial charge in [0, 0.05) is 0 Å². The molecule has 0 saturated heterocycles. The molecule has 80 valence electrons. The van der Waals surface area contributed by atoms with Crippen molar-refractivity contribution in [3.63, 3.8) is 0 Å². The monoisotopic (exact) mass is 294 g/mol. The summed E-state index contributed by atoms with van der Waals surface area (Å²) < 4.78 is 25.3. The molecule has 0 N–H and O–H groups in total. The Morgan fingerprint density at radius 2 is 2.27 bits per heavy atom. The minimum Gasteiger partial charge on any atom is -0.244 e. The number of alkyl halides is 3. The van der Waals surface area contributed by atoms with E-state index in [1.54, 1.807) is 0 Å². The number of hydrogen-bond acceptors (Lipinski definition) is 2. The molecule has 6 heteroatoms. The molecule has 1 aromatic heterocycles. The van der Waals surface area contributed by atoms with Gasteiger partial charge in [-0.15, -0.1) is 11.6 Å². The Bertz CT molecular complexity index is 404. The zero-order valence-electron chi connectivity index (χ0n) is 7.48. The molecule has 0 bridgehead atoms. The van der Waals surface area contributed by atoms with Crippen LogP contribution in [-0.4, -0.2) is 4.98 Å². The number of hydrogen-bond donors (Lipinski definition) is 0. The molecule has 0 saturated carbocycles. The van der Waals surface area contributed by atoms with Gasteiger partial charge in [0.15, 0.2) is 0 Å². The molecule has 0 aliphatic rings. The smallest absolute Gasteiger partial charge is 0.244 e. The Balaban J connectivity index is 3.30. The number of pyridine rings is 1. The largest absolute Gasteiger partial charge is 0.266 e. The van der Waals surface area contributed by atoms with Crippen LogP contribution in [0.3, 0.4) is 0 Å². The molecular weight excluding hydrogens is 289 g/mol. The van der Waals surface area contributed by atoms with Crippen LogP contribution in [0.5, 0.6) is 0 Å². The molecule has 0 aliphatic heterocycles. The van der Waals surface area contributed by atoms with Crippen LogP contribution in [0.1, 0.15) is 23.2 Å². The van der Waals surface area contributed by atoms with Gasteiger partial charge >= 0.3 is 0 Å². The van der Waals surface area contributed by atoms with Crippen LogP contribution in [0, 0.1) is 11.3 Å². The fourth-order valence-corrected chi connectivity index (χ4v) is 1.95. The first-order chi connectivity index (χ1) is 7.10. The van der Waals surface area contributed by atoms with Crippen molar-refractivity contribution in [2.45, 2.75) is 18.7 Å². The van der Waals surface area contributed by atoms with E-state index in [0.29, 0.717) is 5.69 Å². The predicted octanol–water partition coefficient (Wildman–Crippen LogP) is 3.59. The third kappa shape index (κ3) is 2.86. The lowest BCUT2D eigenvalue weighted by Gasteiger charge is -2.09. The minimum absolute atomic E-state index is 0.0564. The second-order valence-electron chi connectivity index (χ2n) is 2.75. The number of halogens is 4. The van der Waals surface area contributed by atoms with E-state index in [0.717, 1.165) is 0 Å². The first-order valence-electron chi connectivity index (χ1n) is 3.99. The van der Waals surface area contributed by atoms with E-state index in [2.05, 4.69) is 20.9 Å². The second-order valence-corrected chi connectivity index (χ2v) is 3.76. The molecule has 0 radical (unpaired) electrons. The predicted molar refractivity (Wildman–Crippen MR) is 55.8 cm³/mol. The molecule has 0 fully saturated rings. The van der Waals surface area contributed by atoms with Gasteiger partial charge in [-0.2, -0.15) is 5.26 Å². The van der Waals surface area contributed by atoms with Gasteiger partial charge in [-0.05, 0) is 27.6 Å². The Morgan fingerprint density at radius 3 is 2.73 bits per heavy atom. The van der Waals surface area contributed by atoms with Crippen LogP contribution in [0.2, 0.25) is 0 Å². The third-order valence-electron chi connectivity index (χ3n) is 1.78. The maximum absolute atomic E-state index is 12.6. The topological polar surface area (TPSA) is 36.7 Å². The van der Waals surface area contributed by atoms with Crippen LogP contribution in [-0.2, 0) is 12.3 Å². The summed E-state index contributed by atoms with van der Waals surface area (Å²) >= 11 is 8.50. The van der Waals surface area contributed by atoms with Gasteiger partial charge in [0.1, 0.15) is 4.60 Å². The van der Waals surface area contributed by atoms with Crippen molar-refractivity contribution in [1.82, 2.24) is 4.98 Å². The molecular formula is C9H6BrClF2N2. The molecule has 1 rings (SSSR count). The molecule has 0 spiro atoms. The van der Waals surface area contributed by atoms with Gasteiger partial charge in [-0.3, -0.25) is 0 Å². The maximum Gasteiger partial charge on any atom is 0.266 e. The molecule has 0 aromatic carbocycles. The lowest BCUT2D eigenvalue weighted by Crippen LogP contribution is -2.00. The highest BCUT2D eigenvalue weighted by Crippen LogP contribution is 2.30. The number of nitrogens with zero attached hydrogens (tertiary/aromatic N) is 2. The number of nitriles is 1. The Morgan fingerprint density at radius 1 is 1.60 bits per heavy atom. The Kier molecular flexibility index (Phi) is 4.43. The summed E-state index contributed by atoms with van der Waals surface area (Å²) in [6, 6.07) is 3.27. The minimum atomic E-state index is -2.65. The highest BCUT2D eigenvalue weighted by Gasteiger charge is 2.18. The van der Waals surface area contributed by atoms with Gasteiger partial charge in [-0.25, -0.2) is 13.8 Å². The van der Waals surface area contributed by atoms with Crippen LogP contribution in [0.25, 0.3) is 0 Å². The molecule has 0 aliphatic carbocycles. The zero-order valence-corrected chi connectivity index (χ0v) is 9.82. The van der Waals surface area contributed by atoms with E-state index in [9.17, 15) is 8.78 Å². The first kappa shape index (κ1) is 12.3. The summed E-state index contributed by atoms with van der Waals surface area (Å²) in [7, 11) is 0. The quantitative estimate of drug-likeness (QED) is 0.631. The Labute approximate surface area is 99.0 Å². The van der Waals surface area contributed by atoms with Crippen molar-refractivity contribution in [2.24, 2.45) is 0 Å². The van der Waals surface area contributed by atoms with E-state index >= 15 is 0 Å². The lowest BCUT2D eigenvalue weighted by molar-refractivity contribution is 0.149. The lowest BCUT2D eigenvalue weighted by atomic mass is 10.1. The van der Waals surface area contributed by atoms with Gasteiger partial charge in [0.05, 0.1) is 29.6 Å². The first-order valence-corrected chi connectivity index (χ1v) is 5.32. The summed E-state index contributed by atoms with van der Waals surface area (Å²) in [6.07, 6.45) is -2.73. The molecule has 0 amide bonds. The molecule has 2 nitrogen and oxygen atoms in total. The Hall–Kier alpha value is -0.730. The number of aromatic nitrogens is 1. The van der Waals surface area contributed by atoms with Crippen molar-refractivity contribution >= 4 is 27.5 Å².